The molecule has 1 aliphatic rings. The highest BCUT2D eigenvalue weighted by Gasteiger charge is 2.46. The molecule has 0 fully saturated rings. The highest BCUT2D eigenvalue weighted by Crippen LogP contribution is 2.43. The number of aryl methyl sites for hydroxylation is 1. The molecule has 1 aliphatic heterocycles. The van der Waals surface area contributed by atoms with Gasteiger partial charge in [0.15, 0.2) is 5.76 Å². The molecular formula is C26H24ClNO5S. The lowest BCUT2D eigenvalue weighted by molar-refractivity contribution is -0.130. The third-order valence-electron chi connectivity index (χ3n) is 5.86. The number of carbonyl (C=O) groups is 1. The molecular weight excluding hydrogens is 474 g/mol. The fraction of sp³-hybridized carbons (Fsp3) is 0.192. The molecule has 1 unspecified atom stereocenters. The zero-order valence-electron chi connectivity index (χ0n) is 18.7. The molecule has 0 radical (unpaired) electrons. The maximum atomic E-state index is 13.6. The van der Waals surface area contributed by atoms with E-state index in [1.165, 1.54) is 29.2 Å². The van der Waals surface area contributed by atoms with Crippen molar-refractivity contribution in [2.45, 2.75) is 30.8 Å². The molecule has 3 aromatic rings. The van der Waals surface area contributed by atoms with Gasteiger partial charge in [-0.25, -0.2) is 8.42 Å². The van der Waals surface area contributed by atoms with Gasteiger partial charge in [-0.3, -0.25) is 4.79 Å². The molecule has 1 N–H and O–H groups in total. The normalized spacial score (nSPS) is 16.3. The molecule has 0 spiro atoms. The van der Waals surface area contributed by atoms with Crippen LogP contribution in [0.2, 0.25) is 5.02 Å². The van der Waals surface area contributed by atoms with E-state index in [9.17, 15) is 18.3 Å². The van der Waals surface area contributed by atoms with Crippen LogP contribution in [0.3, 0.4) is 0 Å². The Kier molecular flexibility index (Phi) is 6.68. The number of methoxy groups -OCH3 is 1. The number of aliphatic hydroxyl groups excluding tert-OH is 1. The third-order valence-corrected chi connectivity index (χ3v) is 8.00. The number of sulfone groups is 1. The van der Waals surface area contributed by atoms with Gasteiger partial charge in [-0.15, -0.1) is 0 Å². The lowest BCUT2D eigenvalue weighted by Crippen LogP contribution is -2.30. The first kappa shape index (κ1) is 23.9. The number of amides is 1. The van der Waals surface area contributed by atoms with Crippen molar-refractivity contribution in [1.29, 1.82) is 0 Å². The Morgan fingerprint density at radius 3 is 2.29 bits per heavy atom. The number of carbonyl (C=O) groups excluding carboxylic acids is 1. The smallest absolute Gasteiger partial charge is 0.290 e. The quantitative estimate of drug-likeness (QED) is 0.482. The van der Waals surface area contributed by atoms with Crippen molar-refractivity contribution in [3.05, 3.63) is 105 Å². The number of benzene rings is 3. The second-order valence-corrected chi connectivity index (χ2v) is 10.3. The van der Waals surface area contributed by atoms with Crippen LogP contribution in [-0.4, -0.2) is 31.4 Å². The van der Waals surface area contributed by atoms with Gasteiger partial charge >= 0.3 is 0 Å². The largest absolute Gasteiger partial charge is 0.502 e. The third kappa shape index (κ3) is 4.41. The molecule has 176 valence electrons. The number of hydrogen-bond acceptors (Lipinski definition) is 5. The lowest BCUT2D eigenvalue weighted by atomic mass is 10.0. The summed E-state index contributed by atoms with van der Waals surface area (Å²) in [6.45, 7) is 2.10. The van der Waals surface area contributed by atoms with Crippen molar-refractivity contribution >= 4 is 27.3 Å². The minimum absolute atomic E-state index is 0.0512. The molecule has 0 bridgehead atoms. The number of halogens is 1. The summed E-state index contributed by atoms with van der Waals surface area (Å²) in [7, 11) is -2.66. The average molecular weight is 498 g/mol. The van der Waals surface area contributed by atoms with E-state index in [2.05, 4.69) is 0 Å². The summed E-state index contributed by atoms with van der Waals surface area (Å²) < 4.78 is 32.6. The number of rotatable bonds is 7. The standard InChI is InChI=1S/C26H24ClNO5S/c1-3-17-7-9-19(10-8-17)23-25(34(31,32)22-13-11-20(27)12-14-22)24(29)26(30)28(23)16-18-5-4-6-21(15-18)33-2/h4-15,23,29H,3,16H2,1-2H3. The summed E-state index contributed by atoms with van der Waals surface area (Å²) in [6, 6.07) is 19.2. The monoisotopic (exact) mass is 497 g/mol. The fourth-order valence-electron chi connectivity index (χ4n) is 4.04. The van der Waals surface area contributed by atoms with E-state index in [4.69, 9.17) is 16.3 Å². The van der Waals surface area contributed by atoms with E-state index in [0.29, 0.717) is 16.3 Å². The van der Waals surface area contributed by atoms with Crippen molar-refractivity contribution in [3.63, 3.8) is 0 Å². The molecule has 1 heterocycles. The van der Waals surface area contributed by atoms with Crippen molar-refractivity contribution < 1.29 is 23.1 Å². The summed E-state index contributed by atoms with van der Waals surface area (Å²) in [5.74, 6) is -0.915. The molecule has 0 saturated heterocycles. The minimum atomic E-state index is -4.20. The first-order valence-corrected chi connectivity index (χ1v) is 12.6. The molecule has 1 amide bonds. The molecule has 3 aromatic carbocycles. The number of nitrogens with zero attached hydrogens (tertiary/aromatic N) is 1. The van der Waals surface area contributed by atoms with Gasteiger partial charge in [0.1, 0.15) is 10.7 Å². The van der Waals surface area contributed by atoms with Gasteiger partial charge in [0.25, 0.3) is 5.91 Å². The molecule has 34 heavy (non-hydrogen) atoms. The first-order chi connectivity index (χ1) is 16.3. The van der Waals surface area contributed by atoms with E-state index in [0.717, 1.165) is 17.5 Å². The van der Waals surface area contributed by atoms with E-state index < -0.39 is 27.5 Å². The Hall–Kier alpha value is -3.29. The van der Waals surface area contributed by atoms with Crippen LogP contribution >= 0.6 is 11.6 Å². The second kappa shape index (κ2) is 9.52. The maximum Gasteiger partial charge on any atom is 0.290 e. The Labute approximate surface area is 204 Å². The van der Waals surface area contributed by atoms with Crippen LogP contribution in [0.25, 0.3) is 0 Å². The Morgan fingerprint density at radius 1 is 1.00 bits per heavy atom. The van der Waals surface area contributed by atoms with E-state index in [1.54, 1.807) is 37.4 Å². The van der Waals surface area contributed by atoms with Gasteiger partial charge in [0, 0.05) is 11.6 Å². The SMILES string of the molecule is CCc1ccc(C2C(S(=O)(=O)c3ccc(Cl)cc3)=C(O)C(=O)N2Cc2cccc(OC)c2)cc1. The minimum Gasteiger partial charge on any atom is -0.502 e. The fourth-order valence-corrected chi connectivity index (χ4v) is 5.82. The van der Waals surface area contributed by atoms with Crippen LogP contribution in [0.4, 0.5) is 0 Å². The number of hydrogen-bond donors (Lipinski definition) is 1. The lowest BCUT2D eigenvalue weighted by Gasteiger charge is -2.27. The summed E-state index contributed by atoms with van der Waals surface area (Å²) in [4.78, 5) is 14.2. The molecule has 8 heteroatoms. The molecule has 1 atom stereocenters. The molecule has 6 nitrogen and oxygen atoms in total. The Balaban J connectivity index is 1.84. The van der Waals surface area contributed by atoms with Crippen LogP contribution in [0.5, 0.6) is 5.75 Å². The van der Waals surface area contributed by atoms with Crippen LogP contribution in [0.15, 0.2) is 88.4 Å². The van der Waals surface area contributed by atoms with E-state index >= 15 is 0 Å². The van der Waals surface area contributed by atoms with Gasteiger partial charge < -0.3 is 14.7 Å². The Morgan fingerprint density at radius 2 is 1.68 bits per heavy atom. The molecule has 0 aliphatic carbocycles. The van der Waals surface area contributed by atoms with Gasteiger partial charge in [0.2, 0.25) is 9.84 Å². The summed E-state index contributed by atoms with van der Waals surface area (Å²) in [6.07, 6.45) is 0.814. The first-order valence-electron chi connectivity index (χ1n) is 10.7. The summed E-state index contributed by atoms with van der Waals surface area (Å²) >= 11 is 5.94. The van der Waals surface area contributed by atoms with Crippen molar-refractivity contribution in [1.82, 2.24) is 4.90 Å². The van der Waals surface area contributed by atoms with E-state index in [-0.39, 0.29) is 16.3 Å². The van der Waals surface area contributed by atoms with Gasteiger partial charge in [-0.05, 0) is 59.5 Å². The van der Waals surface area contributed by atoms with Gasteiger partial charge in [0.05, 0.1) is 18.0 Å². The van der Waals surface area contributed by atoms with E-state index in [1.807, 2.05) is 25.1 Å². The Bertz CT molecular complexity index is 1350. The van der Waals surface area contributed by atoms with Gasteiger partial charge in [-0.2, -0.15) is 0 Å². The van der Waals surface area contributed by atoms with Crippen LogP contribution < -0.4 is 4.74 Å². The topological polar surface area (TPSA) is 83.9 Å². The van der Waals surface area contributed by atoms with Crippen molar-refractivity contribution in [2.75, 3.05) is 7.11 Å². The zero-order valence-corrected chi connectivity index (χ0v) is 20.3. The molecule has 0 aromatic heterocycles. The van der Waals surface area contributed by atoms with Gasteiger partial charge in [-0.1, -0.05) is 54.9 Å². The van der Waals surface area contributed by atoms with Crippen molar-refractivity contribution in [3.8, 4) is 5.75 Å². The van der Waals surface area contributed by atoms with Crippen LogP contribution in [0, 0.1) is 0 Å². The van der Waals surface area contributed by atoms with Crippen LogP contribution in [0.1, 0.15) is 29.7 Å². The highest BCUT2D eigenvalue weighted by atomic mass is 35.5. The predicted molar refractivity (Wildman–Crippen MR) is 130 cm³/mol. The highest BCUT2D eigenvalue weighted by molar-refractivity contribution is 7.95. The number of aliphatic hydroxyl groups is 1. The van der Waals surface area contributed by atoms with Crippen molar-refractivity contribution in [2.24, 2.45) is 0 Å². The second-order valence-electron chi connectivity index (χ2n) is 7.95. The maximum absolute atomic E-state index is 13.6. The summed E-state index contributed by atoms with van der Waals surface area (Å²) in [5, 5.41) is 11.2. The van der Waals surface area contributed by atoms with Crippen LogP contribution in [-0.2, 0) is 27.6 Å². The zero-order chi connectivity index (χ0) is 24.5. The predicted octanol–water partition coefficient (Wildman–Crippen LogP) is 5.24. The average Bonchev–Trinajstić information content (AvgIpc) is 3.10. The molecule has 0 saturated carbocycles. The molecule has 4 rings (SSSR count). The number of ether oxygens (including phenoxy) is 1. The summed E-state index contributed by atoms with van der Waals surface area (Å²) in [5.41, 5.74) is 2.40.